The van der Waals surface area contributed by atoms with Crippen molar-refractivity contribution in [1.82, 2.24) is 14.8 Å². The largest absolute Gasteiger partial charge is 0.356 e. The molecule has 1 unspecified atom stereocenters. The van der Waals surface area contributed by atoms with Gasteiger partial charge in [0, 0.05) is 33.9 Å². The van der Waals surface area contributed by atoms with Gasteiger partial charge in [-0.15, -0.1) is 0 Å². The molecule has 4 nitrogen and oxygen atoms in total. The maximum absolute atomic E-state index is 5.96. The second-order valence-electron chi connectivity index (χ2n) is 5.93. The van der Waals surface area contributed by atoms with E-state index in [0.29, 0.717) is 0 Å². The van der Waals surface area contributed by atoms with Crippen molar-refractivity contribution in [3.63, 3.8) is 0 Å². The third kappa shape index (κ3) is 2.68. The lowest BCUT2D eigenvalue weighted by Gasteiger charge is -2.23. The second kappa shape index (κ2) is 6.06. The predicted molar refractivity (Wildman–Crippen MR) is 94.2 cm³/mol. The van der Waals surface area contributed by atoms with E-state index in [2.05, 4.69) is 45.2 Å². The van der Waals surface area contributed by atoms with Gasteiger partial charge in [-0.05, 0) is 50.5 Å². The Kier molecular flexibility index (Phi) is 3.91. The smallest absolute Gasteiger partial charge is 0.150 e. The summed E-state index contributed by atoms with van der Waals surface area (Å²) in [7, 11) is 0. The molecule has 1 aromatic carbocycles. The Morgan fingerprint density at radius 1 is 1.26 bits per heavy atom. The van der Waals surface area contributed by atoms with E-state index in [1.807, 2.05) is 23.9 Å². The highest BCUT2D eigenvalue weighted by atomic mass is 79.9. The third-order valence-electron chi connectivity index (χ3n) is 4.28. The number of benzene rings is 1. The summed E-state index contributed by atoms with van der Waals surface area (Å²) < 4.78 is 9.06. The number of fused-ring (bicyclic) bond motifs is 1. The van der Waals surface area contributed by atoms with E-state index in [4.69, 9.17) is 9.84 Å². The Hall–Kier alpha value is -1.72. The number of ether oxygens (including phenoxy) is 1. The summed E-state index contributed by atoms with van der Waals surface area (Å²) in [6.07, 6.45) is 5.19. The summed E-state index contributed by atoms with van der Waals surface area (Å²) in [5.41, 5.74) is 4.16. The first-order valence-electron chi connectivity index (χ1n) is 7.95. The van der Waals surface area contributed by atoms with E-state index in [1.54, 1.807) is 0 Å². The van der Waals surface area contributed by atoms with E-state index >= 15 is 0 Å². The number of halogens is 1. The molecule has 0 bridgehead atoms. The van der Waals surface area contributed by atoms with Crippen molar-refractivity contribution >= 4 is 26.8 Å². The summed E-state index contributed by atoms with van der Waals surface area (Å²) >= 11 is 3.69. The van der Waals surface area contributed by atoms with Crippen LogP contribution >= 0.6 is 15.9 Å². The highest BCUT2D eigenvalue weighted by molar-refractivity contribution is 9.10. The molecular weight excluding hydrogens is 354 g/mol. The lowest BCUT2D eigenvalue weighted by Crippen LogP contribution is -2.19. The van der Waals surface area contributed by atoms with Gasteiger partial charge in [-0.2, -0.15) is 5.10 Å². The molecule has 1 aliphatic rings. The van der Waals surface area contributed by atoms with Crippen LogP contribution in [0.1, 0.15) is 31.2 Å². The Labute approximate surface area is 143 Å². The van der Waals surface area contributed by atoms with Gasteiger partial charge < -0.3 is 4.74 Å². The molecule has 5 heteroatoms. The van der Waals surface area contributed by atoms with Crippen molar-refractivity contribution in [2.45, 2.75) is 32.4 Å². The Balaban J connectivity index is 1.94. The molecule has 1 saturated heterocycles. The zero-order valence-corrected chi connectivity index (χ0v) is 14.6. The number of hydrogen-bond donors (Lipinski definition) is 0. The quantitative estimate of drug-likeness (QED) is 0.645. The standard InChI is InChI=1S/C18H18BrN3O/c1-12-11-13(8-9-20-12)18-17-14(19)5-4-6-15(17)22(21-18)16-7-2-3-10-23-16/h4-6,8-9,11,16H,2-3,7,10H2,1H3. The molecule has 1 aliphatic heterocycles. The molecule has 3 aromatic rings. The molecule has 1 fully saturated rings. The van der Waals surface area contributed by atoms with Gasteiger partial charge in [0.1, 0.15) is 5.69 Å². The summed E-state index contributed by atoms with van der Waals surface area (Å²) in [4.78, 5) is 4.29. The Morgan fingerprint density at radius 3 is 2.96 bits per heavy atom. The minimum atomic E-state index is 0.0252. The van der Waals surface area contributed by atoms with Crippen molar-refractivity contribution < 1.29 is 4.74 Å². The second-order valence-corrected chi connectivity index (χ2v) is 6.79. The van der Waals surface area contributed by atoms with E-state index in [0.717, 1.165) is 51.8 Å². The molecule has 3 heterocycles. The van der Waals surface area contributed by atoms with Gasteiger partial charge in [-0.3, -0.25) is 4.98 Å². The van der Waals surface area contributed by atoms with Crippen molar-refractivity contribution in [3.05, 3.63) is 46.7 Å². The zero-order chi connectivity index (χ0) is 15.8. The number of aryl methyl sites for hydroxylation is 1. The van der Waals surface area contributed by atoms with Crippen LogP contribution in [0.3, 0.4) is 0 Å². The van der Waals surface area contributed by atoms with E-state index in [1.165, 1.54) is 6.42 Å². The zero-order valence-electron chi connectivity index (χ0n) is 13.0. The Bertz CT molecular complexity index is 853. The first-order valence-corrected chi connectivity index (χ1v) is 8.75. The normalized spacial score (nSPS) is 18.4. The highest BCUT2D eigenvalue weighted by Gasteiger charge is 2.22. The number of pyridine rings is 1. The highest BCUT2D eigenvalue weighted by Crippen LogP contribution is 2.36. The molecule has 0 amide bonds. The maximum Gasteiger partial charge on any atom is 0.150 e. The van der Waals surface area contributed by atoms with Crippen molar-refractivity contribution in [2.24, 2.45) is 0 Å². The number of rotatable bonds is 2. The van der Waals surface area contributed by atoms with Crippen LogP contribution in [0.5, 0.6) is 0 Å². The molecule has 0 aliphatic carbocycles. The van der Waals surface area contributed by atoms with Gasteiger partial charge >= 0.3 is 0 Å². The fourth-order valence-electron chi connectivity index (χ4n) is 3.18. The van der Waals surface area contributed by atoms with E-state index in [-0.39, 0.29) is 6.23 Å². The minimum Gasteiger partial charge on any atom is -0.356 e. The van der Waals surface area contributed by atoms with Crippen molar-refractivity contribution in [3.8, 4) is 11.3 Å². The van der Waals surface area contributed by atoms with Crippen LogP contribution in [0.25, 0.3) is 22.2 Å². The first-order chi connectivity index (χ1) is 11.2. The van der Waals surface area contributed by atoms with Crippen LogP contribution in [-0.2, 0) is 4.74 Å². The summed E-state index contributed by atoms with van der Waals surface area (Å²) in [6, 6.07) is 10.3. The first kappa shape index (κ1) is 14.8. The van der Waals surface area contributed by atoms with Crippen LogP contribution in [-0.4, -0.2) is 21.4 Å². The average Bonchev–Trinajstić information content (AvgIpc) is 2.97. The monoisotopic (exact) mass is 371 g/mol. The fourth-order valence-corrected chi connectivity index (χ4v) is 3.72. The van der Waals surface area contributed by atoms with Crippen molar-refractivity contribution in [2.75, 3.05) is 6.61 Å². The van der Waals surface area contributed by atoms with Crippen LogP contribution < -0.4 is 0 Å². The average molecular weight is 372 g/mol. The van der Waals surface area contributed by atoms with Gasteiger partial charge in [0.25, 0.3) is 0 Å². The van der Waals surface area contributed by atoms with Crippen LogP contribution in [0, 0.1) is 6.92 Å². The van der Waals surface area contributed by atoms with Crippen LogP contribution in [0.2, 0.25) is 0 Å². The van der Waals surface area contributed by atoms with Gasteiger partial charge in [0.2, 0.25) is 0 Å². The van der Waals surface area contributed by atoms with E-state index < -0.39 is 0 Å². The molecule has 0 N–H and O–H groups in total. The van der Waals surface area contributed by atoms with Gasteiger partial charge in [-0.25, -0.2) is 4.68 Å². The molecule has 0 radical (unpaired) electrons. The lowest BCUT2D eigenvalue weighted by atomic mass is 10.1. The molecule has 118 valence electrons. The van der Waals surface area contributed by atoms with Crippen molar-refractivity contribution in [1.29, 1.82) is 0 Å². The summed E-state index contributed by atoms with van der Waals surface area (Å²) in [5.74, 6) is 0. The van der Waals surface area contributed by atoms with Gasteiger partial charge in [0.15, 0.2) is 6.23 Å². The molecular formula is C18H18BrN3O. The predicted octanol–water partition coefficient (Wildman–Crippen LogP) is 4.87. The number of aromatic nitrogens is 3. The summed E-state index contributed by atoms with van der Waals surface area (Å²) in [6.45, 7) is 2.81. The number of nitrogens with zero attached hydrogens (tertiary/aromatic N) is 3. The van der Waals surface area contributed by atoms with Crippen LogP contribution in [0.15, 0.2) is 41.0 Å². The topological polar surface area (TPSA) is 39.9 Å². The minimum absolute atomic E-state index is 0.0252. The summed E-state index contributed by atoms with van der Waals surface area (Å²) in [5, 5.41) is 6.05. The van der Waals surface area contributed by atoms with Gasteiger partial charge in [0.05, 0.1) is 5.52 Å². The lowest BCUT2D eigenvalue weighted by molar-refractivity contribution is -0.0365. The maximum atomic E-state index is 5.96. The van der Waals surface area contributed by atoms with E-state index in [9.17, 15) is 0 Å². The molecule has 23 heavy (non-hydrogen) atoms. The molecule has 2 aromatic heterocycles. The molecule has 0 saturated carbocycles. The van der Waals surface area contributed by atoms with Gasteiger partial charge in [-0.1, -0.05) is 22.0 Å². The van der Waals surface area contributed by atoms with Crippen LogP contribution in [0.4, 0.5) is 0 Å². The Morgan fingerprint density at radius 2 is 2.17 bits per heavy atom. The molecule has 0 spiro atoms. The molecule has 1 atom stereocenters. The fraction of sp³-hybridized carbons (Fsp3) is 0.333. The number of hydrogen-bond acceptors (Lipinski definition) is 3. The SMILES string of the molecule is Cc1cc(-c2nn(C3CCCCO3)c3cccc(Br)c23)ccn1. The third-order valence-corrected chi connectivity index (χ3v) is 4.94. The molecule has 4 rings (SSSR count).